The number of alkyl halides is 7. The maximum Gasteiger partial charge on any atom is 0.471 e. The third-order valence-corrected chi connectivity index (χ3v) is 3.66. The SMILES string of the molecule is O=C(N1C[C@@H](CCl)[C@@H](CC(Cl)(Cl)Cl)C1)C(F)(F)F. The Morgan fingerprint density at radius 1 is 1.17 bits per heavy atom. The number of nitrogens with zero attached hydrogens (tertiary/aromatic N) is 1. The number of carbonyl (C=O) groups excluding carboxylic acids is 1. The van der Waals surface area contributed by atoms with Crippen molar-refractivity contribution in [2.24, 2.45) is 11.8 Å². The van der Waals surface area contributed by atoms with Gasteiger partial charge in [0, 0.05) is 19.0 Å². The second-order valence-corrected chi connectivity index (χ2v) is 7.03. The summed E-state index contributed by atoms with van der Waals surface area (Å²) in [5.41, 5.74) is 0. The number of carbonyl (C=O) groups is 1. The lowest BCUT2D eigenvalue weighted by Gasteiger charge is -2.20. The zero-order chi connectivity index (χ0) is 14.1. The van der Waals surface area contributed by atoms with Crippen LogP contribution in [-0.4, -0.2) is 39.7 Å². The van der Waals surface area contributed by atoms with Crippen LogP contribution in [0.15, 0.2) is 0 Å². The molecule has 0 spiro atoms. The molecule has 0 aromatic rings. The molecular formula is C9H10Cl4F3NO. The van der Waals surface area contributed by atoms with E-state index in [0.717, 1.165) is 0 Å². The Kier molecular flexibility index (Phi) is 5.32. The van der Waals surface area contributed by atoms with E-state index in [1.54, 1.807) is 0 Å². The van der Waals surface area contributed by atoms with E-state index >= 15 is 0 Å². The molecule has 0 N–H and O–H groups in total. The topological polar surface area (TPSA) is 20.3 Å². The molecule has 0 aromatic carbocycles. The number of hydrogen-bond donors (Lipinski definition) is 0. The molecule has 9 heteroatoms. The fraction of sp³-hybridized carbons (Fsp3) is 0.889. The van der Waals surface area contributed by atoms with Crippen LogP contribution >= 0.6 is 46.4 Å². The fourth-order valence-corrected chi connectivity index (χ4v) is 2.93. The van der Waals surface area contributed by atoms with Gasteiger partial charge in [0.05, 0.1) is 0 Å². The van der Waals surface area contributed by atoms with Gasteiger partial charge >= 0.3 is 12.1 Å². The average Bonchev–Trinajstić information content (AvgIpc) is 2.55. The Morgan fingerprint density at radius 3 is 2.06 bits per heavy atom. The quantitative estimate of drug-likeness (QED) is 0.699. The number of halogens is 7. The summed E-state index contributed by atoms with van der Waals surface area (Å²) < 4.78 is 35.3. The van der Waals surface area contributed by atoms with Gasteiger partial charge in [0.25, 0.3) is 0 Å². The van der Waals surface area contributed by atoms with E-state index in [-0.39, 0.29) is 37.2 Å². The van der Waals surface area contributed by atoms with Gasteiger partial charge in [-0.05, 0) is 18.3 Å². The highest BCUT2D eigenvalue weighted by atomic mass is 35.6. The lowest BCUT2D eigenvalue weighted by molar-refractivity contribution is -0.184. The van der Waals surface area contributed by atoms with Gasteiger partial charge in [0.2, 0.25) is 0 Å². The molecule has 0 aromatic heterocycles. The molecule has 1 fully saturated rings. The monoisotopic (exact) mass is 345 g/mol. The normalized spacial score (nSPS) is 25.6. The summed E-state index contributed by atoms with van der Waals surface area (Å²) in [5, 5.41) is 0. The summed E-state index contributed by atoms with van der Waals surface area (Å²) in [6, 6.07) is 0. The second-order valence-electron chi connectivity index (χ2n) is 4.20. The molecule has 0 unspecified atom stereocenters. The van der Waals surface area contributed by atoms with E-state index in [1.165, 1.54) is 0 Å². The van der Waals surface area contributed by atoms with Gasteiger partial charge in [-0.2, -0.15) is 13.2 Å². The predicted octanol–water partition coefficient (Wildman–Crippen LogP) is 3.62. The second kappa shape index (κ2) is 5.81. The van der Waals surface area contributed by atoms with Crippen molar-refractivity contribution >= 4 is 52.3 Å². The zero-order valence-corrected chi connectivity index (χ0v) is 12.0. The van der Waals surface area contributed by atoms with Gasteiger partial charge in [-0.15, -0.1) is 11.6 Å². The van der Waals surface area contributed by atoms with Crippen molar-refractivity contribution in [3.8, 4) is 0 Å². The summed E-state index contributed by atoms with van der Waals surface area (Å²) in [6.45, 7) is -0.156. The average molecular weight is 347 g/mol. The van der Waals surface area contributed by atoms with Crippen LogP contribution in [0.4, 0.5) is 13.2 Å². The van der Waals surface area contributed by atoms with Crippen LogP contribution in [0.1, 0.15) is 6.42 Å². The van der Waals surface area contributed by atoms with Gasteiger partial charge in [0.15, 0.2) is 3.79 Å². The van der Waals surface area contributed by atoms with Crippen molar-refractivity contribution in [1.29, 1.82) is 0 Å². The first-order valence-electron chi connectivity index (χ1n) is 5.03. The number of hydrogen-bond acceptors (Lipinski definition) is 1. The maximum absolute atomic E-state index is 12.3. The number of amides is 1. The minimum atomic E-state index is -4.88. The van der Waals surface area contributed by atoms with Gasteiger partial charge in [-0.25, -0.2) is 0 Å². The zero-order valence-electron chi connectivity index (χ0n) is 8.98. The van der Waals surface area contributed by atoms with Crippen LogP contribution in [0.25, 0.3) is 0 Å². The Labute approximate surface area is 122 Å². The van der Waals surface area contributed by atoms with E-state index < -0.39 is 15.9 Å². The molecule has 18 heavy (non-hydrogen) atoms. The van der Waals surface area contributed by atoms with E-state index in [4.69, 9.17) is 46.4 Å². The molecule has 1 saturated heterocycles. The van der Waals surface area contributed by atoms with Gasteiger partial charge in [-0.1, -0.05) is 34.8 Å². The molecule has 2 atom stereocenters. The maximum atomic E-state index is 12.3. The Bertz CT molecular complexity index is 318. The lowest BCUT2D eigenvalue weighted by Crippen LogP contribution is -2.40. The highest BCUT2D eigenvalue weighted by Crippen LogP contribution is 2.40. The highest BCUT2D eigenvalue weighted by Gasteiger charge is 2.47. The fourth-order valence-electron chi connectivity index (χ4n) is 1.99. The van der Waals surface area contributed by atoms with E-state index in [9.17, 15) is 18.0 Å². The van der Waals surface area contributed by atoms with Gasteiger partial charge < -0.3 is 4.90 Å². The lowest BCUT2D eigenvalue weighted by atomic mass is 9.95. The van der Waals surface area contributed by atoms with Crippen LogP contribution in [0.5, 0.6) is 0 Å². The number of rotatable bonds is 2. The molecule has 1 aliphatic heterocycles. The van der Waals surface area contributed by atoms with Crippen molar-refractivity contribution in [2.75, 3.05) is 19.0 Å². The first-order chi connectivity index (χ1) is 8.04. The van der Waals surface area contributed by atoms with Crippen LogP contribution < -0.4 is 0 Å². The molecule has 106 valence electrons. The van der Waals surface area contributed by atoms with Crippen molar-refractivity contribution in [3.63, 3.8) is 0 Å². The summed E-state index contributed by atoms with van der Waals surface area (Å²) in [5.74, 6) is -2.40. The first-order valence-corrected chi connectivity index (χ1v) is 6.70. The predicted molar refractivity (Wildman–Crippen MR) is 65.2 cm³/mol. The summed E-state index contributed by atoms with van der Waals surface area (Å²) in [4.78, 5) is 11.8. The van der Waals surface area contributed by atoms with E-state index in [2.05, 4.69) is 0 Å². The van der Waals surface area contributed by atoms with Crippen molar-refractivity contribution < 1.29 is 18.0 Å². The minimum Gasteiger partial charge on any atom is -0.334 e. The molecule has 0 radical (unpaired) electrons. The third kappa shape index (κ3) is 4.51. The third-order valence-electron chi connectivity index (χ3n) is 2.80. The van der Waals surface area contributed by atoms with E-state index in [0.29, 0.717) is 4.90 Å². The summed E-state index contributed by atoms with van der Waals surface area (Å²) in [6.07, 6.45) is -4.82. The molecule has 0 bridgehead atoms. The number of likely N-dealkylation sites (tertiary alicyclic amines) is 1. The summed E-state index contributed by atoms with van der Waals surface area (Å²) >= 11 is 22.5. The molecule has 0 saturated carbocycles. The van der Waals surface area contributed by atoms with Crippen LogP contribution in [-0.2, 0) is 4.79 Å². The van der Waals surface area contributed by atoms with Crippen molar-refractivity contribution in [2.45, 2.75) is 16.4 Å². The molecule has 0 aliphatic carbocycles. The van der Waals surface area contributed by atoms with Gasteiger partial charge in [0.1, 0.15) is 0 Å². The van der Waals surface area contributed by atoms with Crippen molar-refractivity contribution in [1.82, 2.24) is 4.90 Å². The summed E-state index contributed by atoms with van der Waals surface area (Å²) in [7, 11) is 0. The Morgan fingerprint density at radius 2 is 1.67 bits per heavy atom. The minimum absolute atomic E-state index is 0.0622. The van der Waals surface area contributed by atoms with Crippen LogP contribution in [0, 0.1) is 11.8 Å². The molecule has 1 aliphatic rings. The molecule has 1 rings (SSSR count). The van der Waals surface area contributed by atoms with E-state index in [1.807, 2.05) is 0 Å². The Hall–Kier alpha value is 0.420. The van der Waals surface area contributed by atoms with Crippen molar-refractivity contribution in [3.05, 3.63) is 0 Å². The molecule has 1 amide bonds. The standard InChI is InChI=1S/C9H10Cl4F3NO/c10-2-6-4-17(7(18)9(14,15)16)3-5(6)1-8(11,12)13/h5-6H,1-4H2/t5-,6+/m0/s1. The molecular weight excluding hydrogens is 337 g/mol. The smallest absolute Gasteiger partial charge is 0.334 e. The highest BCUT2D eigenvalue weighted by molar-refractivity contribution is 6.67. The van der Waals surface area contributed by atoms with Crippen LogP contribution in [0.2, 0.25) is 0 Å². The molecule has 2 nitrogen and oxygen atoms in total. The van der Waals surface area contributed by atoms with Crippen LogP contribution in [0.3, 0.4) is 0 Å². The molecule has 1 heterocycles. The first kappa shape index (κ1) is 16.5. The largest absolute Gasteiger partial charge is 0.471 e. The van der Waals surface area contributed by atoms with Gasteiger partial charge in [-0.3, -0.25) is 4.79 Å². The Balaban J connectivity index is 2.72.